The Morgan fingerprint density at radius 1 is 0.941 bits per heavy atom. The Bertz CT molecular complexity index is 1180. The lowest BCUT2D eigenvalue weighted by Crippen LogP contribution is -2.63. The van der Waals surface area contributed by atoms with Crippen LogP contribution >= 0.6 is 23.1 Å². The Morgan fingerprint density at radius 3 is 2.24 bits per heavy atom. The first-order valence-corrected chi connectivity index (χ1v) is 12.3. The first kappa shape index (κ1) is 24.2. The highest BCUT2D eigenvalue weighted by atomic mass is 32.2. The molecule has 10 heteroatoms. The lowest BCUT2D eigenvalue weighted by atomic mass is 9.82. The van der Waals surface area contributed by atoms with Crippen molar-refractivity contribution in [2.45, 2.75) is 49.3 Å². The fourth-order valence-electron chi connectivity index (χ4n) is 4.19. The van der Waals surface area contributed by atoms with Gasteiger partial charge in [0, 0.05) is 36.5 Å². The topological polar surface area (TPSA) is 112 Å². The molecular weight excluding hydrogens is 478 g/mol. The van der Waals surface area contributed by atoms with Crippen LogP contribution in [0.4, 0.5) is 0 Å². The molecule has 0 spiro atoms. The number of carbonyl (C=O) groups is 3. The van der Waals surface area contributed by atoms with Crippen LogP contribution in [0.3, 0.4) is 0 Å². The first-order chi connectivity index (χ1) is 16.2. The zero-order valence-corrected chi connectivity index (χ0v) is 20.3. The minimum atomic E-state index is -1.89. The summed E-state index contributed by atoms with van der Waals surface area (Å²) in [4.78, 5) is 42.0. The number of carbonyl (C=O) groups excluding carboxylic acids is 3. The Kier molecular flexibility index (Phi) is 6.92. The molecule has 1 aliphatic rings. The maximum Gasteiger partial charge on any atom is 0.303 e. The van der Waals surface area contributed by atoms with Gasteiger partial charge in [0.2, 0.25) is 5.60 Å². The van der Waals surface area contributed by atoms with Gasteiger partial charge < -0.3 is 19.3 Å². The molecule has 2 aromatic heterocycles. The quantitative estimate of drug-likeness (QED) is 0.413. The van der Waals surface area contributed by atoms with E-state index in [-0.39, 0.29) is 5.69 Å². The third-order valence-corrected chi connectivity index (χ3v) is 8.02. The molecule has 1 aromatic carbocycles. The molecule has 5 atom stereocenters. The number of aliphatic hydroxyl groups is 1. The molecule has 0 amide bonds. The number of pyridine rings is 1. The van der Waals surface area contributed by atoms with E-state index in [4.69, 9.17) is 14.2 Å². The van der Waals surface area contributed by atoms with E-state index in [0.717, 1.165) is 26.7 Å². The summed E-state index contributed by atoms with van der Waals surface area (Å²) in [5, 5.41) is 11.6. The van der Waals surface area contributed by atoms with Gasteiger partial charge in [-0.05, 0) is 29.7 Å². The van der Waals surface area contributed by atoms with Crippen LogP contribution < -0.4 is 0 Å². The van der Waals surface area contributed by atoms with Crippen LogP contribution in [0.25, 0.3) is 10.1 Å². The van der Waals surface area contributed by atoms with Crippen LogP contribution in [0.1, 0.15) is 36.6 Å². The first-order valence-electron chi connectivity index (χ1n) is 10.5. The number of rotatable bonds is 5. The average molecular weight is 502 g/mol. The Balaban J connectivity index is 1.97. The van der Waals surface area contributed by atoms with E-state index in [9.17, 15) is 19.5 Å². The largest absolute Gasteiger partial charge is 0.456 e. The molecule has 3 aromatic rings. The molecule has 1 unspecified atom stereocenters. The fraction of sp³-hybridized carbons (Fsp3) is 0.333. The molecule has 0 saturated carbocycles. The van der Waals surface area contributed by atoms with Gasteiger partial charge in [-0.1, -0.05) is 24.3 Å². The van der Waals surface area contributed by atoms with Crippen LogP contribution in [0.5, 0.6) is 0 Å². The smallest absolute Gasteiger partial charge is 0.303 e. The molecular formula is C24H23NO7S2. The second-order valence-electron chi connectivity index (χ2n) is 7.80. The van der Waals surface area contributed by atoms with E-state index in [1.165, 1.54) is 38.3 Å². The van der Waals surface area contributed by atoms with E-state index >= 15 is 0 Å². The van der Waals surface area contributed by atoms with Gasteiger partial charge >= 0.3 is 17.9 Å². The van der Waals surface area contributed by atoms with Crippen molar-refractivity contribution < 1.29 is 33.7 Å². The van der Waals surface area contributed by atoms with Crippen molar-refractivity contribution >= 4 is 51.1 Å². The molecule has 1 saturated heterocycles. The zero-order valence-electron chi connectivity index (χ0n) is 18.7. The summed E-state index contributed by atoms with van der Waals surface area (Å²) in [6, 6.07) is 14.6. The number of benzene rings is 1. The van der Waals surface area contributed by atoms with Crippen molar-refractivity contribution in [1.82, 2.24) is 4.98 Å². The van der Waals surface area contributed by atoms with E-state index in [1.807, 2.05) is 30.3 Å². The summed E-state index contributed by atoms with van der Waals surface area (Å²) in [5.41, 5.74) is -3.02. The Morgan fingerprint density at radius 2 is 1.62 bits per heavy atom. The highest BCUT2D eigenvalue weighted by molar-refractivity contribution is 8.00. The fourth-order valence-corrected chi connectivity index (χ4v) is 6.88. The van der Waals surface area contributed by atoms with Crippen molar-refractivity contribution in [3.8, 4) is 0 Å². The number of thiophene rings is 1. The average Bonchev–Trinajstić information content (AvgIpc) is 3.22. The predicted octanol–water partition coefficient (Wildman–Crippen LogP) is 3.72. The van der Waals surface area contributed by atoms with Crippen molar-refractivity contribution in [2.75, 3.05) is 0 Å². The van der Waals surface area contributed by atoms with Crippen LogP contribution in [0, 0.1) is 0 Å². The highest BCUT2D eigenvalue weighted by Crippen LogP contribution is 2.55. The number of ether oxygens (including phenoxy) is 3. The molecule has 1 fully saturated rings. The summed E-state index contributed by atoms with van der Waals surface area (Å²) in [5.74, 6) is -2.03. The molecule has 4 rings (SSSR count). The normalized spacial score (nSPS) is 26.6. The minimum Gasteiger partial charge on any atom is -0.456 e. The monoisotopic (exact) mass is 501 g/mol. The molecule has 0 radical (unpaired) electrons. The number of fused-ring (bicyclic) bond motifs is 1. The lowest BCUT2D eigenvalue weighted by Gasteiger charge is -2.50. The summed E-state index contributed by atoms with van der Waals surface area (Å²) in [7, 11) is 0. The Labute approximate surface area is 204 Å². The minimum absolute atomic E-state index is 0.188. The number of hydrogen-bond acceptors (Lipinski definition) is 10. The van der Waals surface area contributed by atoms with E-state index in [2.05, 4.69) is 4.98 Å². The van der Waals surface area contributed by atoms with Gasteiger partial charge in [-0.2, -0.15) is 0 Å². The lowest BCUT2D eigenvalue weighted by molar-refractivity contribution is -0.229. The summed E-state index contributed by atoms with van der Waals surface area (Å²) in [6.07, 6.45) is -1.06. The number of thioether (sulfide) groups is 1. The van der Waals surface area contributed by atoms with Crippen molar-refractivity contribution in [3.63, 3.8) is 0 Å². The summed E-state index contributed by atoms with van der Waals surface area (Å²) < 4.78 is 18.2. The Hall–Kier alpha value is -2.95. The van der Waals surface area contributed by atoms with Gasteiger partial charge in [-0.3, -0.25) is 19.4 Å². The zero-order chi connectivity index (χ0) is 24.5. The number of aliphatic hydroxyl groups excluding tert-OH is 1. The number of aromatic nitrogens is 1. The highest BCUT2D eigenvalue weighted by Gasteiger charge is 2.64. The van der Waals surface area contributed by atoms with Gasteiger partial charge in [-0.15, -0.1) is 23.1 Å². The van der Waals surface area contributed by atoms with Gasteiger partial charge in [0.15, 0.2) is 12.2 Å². The van der Waals surface area contributed by atoms with Gasteiger partial charge in [0.05, 0.1) is 10.9 Å². The second-order valence-corrected chi connectivity index (χ2v) is 10.2. The van der Waals surface area contributed by atoms with E-state index in [1.54, 1.807) is 18.2 Å². The van der Waals surface area contributed by atoms with E-state index in [0.29, 0.717) is 0 Å². The van der Waals surface area contributed by atoms with Gasteiger partial charge in [0.25, 0.3) is 0 Å². The van der Waals surface area contributed by atoms with Crippen LogP contribution in [-0.2, 0) is 34.2 Å². The van der Waals surface area contributed by atoms with Crippen LogP contribution in [0.15, 0.2) is 54.7 Å². The predicted molar refractivity (Wildman–Crippen MR) is 127 cm³/mol. The molecule has 1 aliphatic heterocycles. The third-order valence-electron chi connectivity index (χ3n) is 5.35. The maximum atomic E-state index is 12.4. The molecule has 1 N–H and O–H groups in total. The number of hydrogen-bond donors (Lipinski definition) is 1. The molecule has 178 valence electrons. The maximum absolute atomic E-state index is 12.4. The van der Waals surface area contributed by atoms with Gasteiger partial charge in [-0.25, -0.2) is 0 Å². The standard InChI is InChI=1S/C24H23NO7S2/c1-13(26)30-21-20(18-12-16-8-4-5-9-17(16)33-18)34-23(29)22(31-14(2)27)24(21,32-15(3)28)19-10-6-7-11-25-19/h4-12,20-23,29H,1-3H3/t20?,21-,22+,23-,24+/m1/s1. The molecule has 3 heterocycles. The summed E-state index contributed by atoms with van der Waals surface area (Å²) >= 11 is 2.55. The third kappa shape index (κ3) is 4.53. The van der Waals surface area contributed by atoms with Gasteiger partial charge in [0.1, 0.15) is 5.44 Å². The van der Waals surface area contributed by atoms with Crippen LogP contribution in [-0.4, -0.2) is 45.6 Å². The molecule has 0 bridgehead atoms. The number of nitrogens with zero attached hydrogens (tertiary/aromatic N) is 1. The molecule has 34 heavy (non-hydrogen) atoms. The number of esters is 3. The van der Waals surface area contributed by atoms with Crippen molar-refractivity contribution in [3.05, 3.63) is 65.3 Å². The molecule has 0 aliphatic carbocycles. The molecule has 8 nitrogen and oxygen atoms in total. The van der Waals surface area contributed by atoms with E-state index < -0.39 is 46.4 Å². The SMILES string of the molecule is CC(=O)O[C@@H]1C(c2cc3ccccc3s2)S[C@@H](O)[C@H](OC(C)=O)[C@]1(OC(C)=O)c1ccccn1. The summed E-state index contributed by atoms with van der Waals surface area (Å²) in [6.45, 7) is 3.63. The van der Waals surface area contributed by atoms with Crippen LogP contribution in [0.2, 0.25) is 0 Å². The second kappa shape index (κ2) is 9.73. The van der Waals surface area contributed by atoms with Crippen molar-refractivity contribution in [1.29, 1.82) is 0 Å². The van der Waals surface area contributed by atoms with Crippen molar-refractivity contribution in [2.24, 2.45) is 0 Å².